The van der Waals surface area contributed by atoms with E-state index in [1.54, 1.807) is 6.07 Å². The van der Waals surface area contributed by atoms with Crippen LogP contribution in [-0.4, -0.2) is 36.3 Å². The van der Waals surface area contributed by atoms with Crippen LogP contribution in [0.25, 0.3) is 0 Å². The van der Waals surface area contributed by atoms with Gasteiger partial charge in [0.15, 0.2) is 0 Å². The van der Waals surface area contributed by atoms with Crippen molar-refractivity contribution in [2.24, 2.45) is 0 Å². The molecule has 192 valence electrons. The van der Waals surface area contributed by atoms with Crippen LogP contribution < -0.4 is 15.4 Å². The Kier molecular flexibility index (Phi) is 10.4. The number of ether oxygens (including phenoxy) is 1. The maximum atomic E-state index is 13.8. The largest absolute Gasteiger partial charge is 0.494 e. The van der Waals surface area contributed by atoms with Gasteiger partial charge in [-0.25, -0.2) is 8.78 Å². The van der Waals surface area contributed by atoms with Crippen molar-refractivity contribution >= 4 is 5.91 Å². The second kappa shape index (κ2) is 13.7. The fourth-order valence-electron chi connectivity index (χ4n) is 4.11. The Morgan fingerprint density at radius 2 is 1.67 bits per heavy atom. The Balaban J connectivity index is 1.69. The van der Waals surface area contributed by atoms with Crippen LogP contribution in [-0.2, 0) is 30.6 Å². The summed E-state index contributed by atoms with van der Waals surface area (Å²) in [4.78, 5) is 12.9. The summed E-state index contributed by atoms with van der Waals surface area (Å²) in [6, 6.07) is 17.9. The molecule has 7 heteroatoms. The number of hydrogen-bond acceptors (Lipinski definition) is 4. The molecule has 1 amide bonds. The zero-order valence-electron chi connectivity index (χ0n) is 20.8. The van der Waals surface area contributed by atoms with Crippen LogP contribution in [0.2, 0.25) is 0 Å². The molecule has 0 aliphatic heterocycles. The zero-order chi connectivity index (χ0) is 25.9. The van der Waals surface area contributed by atoms with Gasteiger partial charge in [-0.3, -0.25) is 4.79 Å². The smallest absolute Gasteiger partial charge is 0.224 e. The van der Waals surface area contributed by atoms with E-state index in [2.05, 4.69) is 29.7 Å². The lowest BCUT2D eigenvalue weighted by atomic mass is 10.00. The standard InChI is InChI=1S/C29H34F2N2O3/c1-3-20-8-7-9-21(12-20)18-32-19-27(34)26(15-22-13-24(30)17-25(31)14-22)33-29(35)16-23-10-5-6-11-28(23)36-4-2/h5-14,17,26-27,32,34H,3-4,15-16,18-19H2,1-2H3,(H,33,35). The van der Waals surface area contributed by atoms with Gasteiger partial charge in [0.2, 0.25) is 5.91 Å². The van der Waals surface area contributed by atoms with Crippen LogP contribution in [0.3, 0.4) is 0 Å². The highest BCUT2D eigenvalue weighted by Crippen LogP contribution is 2.19. The highest BCUT2D eigenvalue weighted by molar-refractivity contribution is 5.79. The Bertz CT molecular complexity index is 1120. The molecule has 5 nitrogen and oxygen atoms in total. The summed E-state index contributed by atoms with van der Waals surface area (Å²) < 4.78 is 33.2. The maximum absolute atomic E-state index is 13.8. The van der Waals surface area contributed by atoms with Crippen molar-refractivity contribution in [3.63, 3.8) is 0 Å². The van der Waals surface area contributed by atoms with Gasteiger partial charge in [0, 0.05) is 24.7 Å². The molecule has 2 atom stereocenters. The summed E-state index contributed by atoms with van der Waals surface area (Å²) >= 11 is 0. The number of benzene rings is 3. The maximum Gasteiger partial charge on any atom is 0.224 e. The summed E-state index contributed by atoms with van der Waals surface area (Å²) in [6.45, 7) is 5.16. The summed E-state index contributed by atoms with van der Waals surface area (Å²) in [5, 5.41) is 17.0. The molecule has 0 fully saturated rings. The SMILES string of the molecule is CCOc1ccccc1CC(=O)NC(Cc1cc(F)cc(F)c1)C(O)CNCc1cccc(CC)c1. The first kappa shape index (κ1) is 27.3. The molecular weight excluding hydrogens is 462 g/mol. The number of para-hydroxylation sites is 1. The number of hydrogen-bond donors (Lipinski definition) is 3. The Morgan fingerprint density at radius 1 is 0.944 bits per heavy atom. The number of nitrogens with one attached hydrogen (secondary N) is 2. The van der Waals surface area contributed by atoms with Gasteiger partial charge < -0.3 is 20.5 Å². The minimum atomic E-state index is -0.989. The number of halogens is 2. The van der Waals surface area contributed by atoms with Gasteiger partial charge in [-0.2, -0.15) is 0 Å². The van der Waals surface area contributed by atoms with E-state index in [-0.39, 0.29) is 25.3 Å². The van der Waals surface area contributed by atoms with Crippen molar-refractivity contribution in [2.45, 2.75) is 51.8 Å². The normalized spacial score (nSPS) is 12.7. The Hall–Kier alpha value is -3.29. The minimum Gasteiger partial charge on any atom is -0.494 e. The number of rotatable bonds is 13. The van der Waals surface area contributed by atoms with Crippen LogP contribution >= 0.6 is 0 Å². The molecular formula is C29H34F2N2O3. The average molecular weight is 497 g/mol. The van der Waals surface area contributed by atoms with Gasteiger partial charge >= 0.3 is 0 Å². The number of aryl methyl sites for hydroxylation is 1. The van der Waals surface area contributed by atoms with E-state index in [0.29, 0.717) is 24.5 Å². The van der Waals surface area contributed by atoms with Crippen molar-refractivity contribution in [1.29, 1.82) is 0 Å². The third-order valence-electron chi connectivity index (χ3n) is 5.89. The molecule has 3 aromatic rings. The molecule has 0 heterocycles. The molecule has 0 radical (unpaired) electrons. The fraction of sp³-hybridized carbons (Fsp3) is 0.345. The van der Waals surface area contributed by atoms with Crippen LogP contribution in [0.4, 0.5) is 8.78 Å². The zero-order valence-corrected chi connectivity index (χ0v) is 20.8. The predicted molar refractivity (Wildman–Crippen MR) is 137 cm³/mol. The van der Waals surface area contributed by atoms with Crippen LogP contribution in [0.5, 0.6) is 5.75 Å². The Morgan fingerprint density at radius 3 is 2.39 bits per heavy atom. The molecule has 36 heavy (non-hydrogen) atoms. The molecule has 0 aliphatic rings. The Labute approximate surface area is 211 Å². The quantitative estimate of drug-likeness (QED) is 0.329. The van der Waals surface area contributed by atoms with Crippen molar-refractivity contribution < 1.29 is 23.4 Å². The number of carbonyl (C=O) groups is 1. The third-order valence-corrected chi connectivity index (χ3v) is 5.89. The van der Waals surface area contributed by atoms with Gasteiger partial charge in [-0.1, -0.05) is 49.4 Å². The van der Waals surface area contributed by atoms with E-state index in [4.69, 9.17) is 4.74 Å². The molecule has 0 spiro atoms. The third kappa shape index (κ3) is 8.43. The molecule has 0 aromatic heterocycles. The second-order valence-electron chi connectivity index (χ2n) is 8.75. The lowest BCUT2D eigenvalue weighted by Crippen LogP contribution is -2.49. The van der Waals surface area contributed by atoms with Crippen LogP contribution in [0, 0.1) is 11.6 Å². The summed E-state index contributed by atoms with van der Waals surface area (Å²) in [7, 11) is 0. The van der Waals surface area contributed by atoms with Gasteiger partial charge in [0.25, 0.3) is 0 Å². The fourth-order valence-corrected chi connectivity index (χ4v) is 4.11. The highest BCUT2D eigenvalue weighted by Gasteiger charge is 2.23. The number of carbonyl (C=O) groups excluding carboxylic acids is 1. The number of aliphatic hydroxyl groups is 1. The lowest BCUT2D eigenvalue weighted by Gasteiger charge is -2.25. The predicted octanol–water partition coefficient (Wildman–Crippen LogP) is 4.35. The topological polar surface area (TPSA) is 70.6 Å². The molecule has 0 saturated heterocycles. The van der Waals surface area contributed by atoms with E-state index in [1.807, 2.05) is 37.3 Å². The molecule has 3 rings (SSSR count). The summed E-state index contributed by atoms with van der Waals surface area (Å²) in [5.41, 5.74) is 3.38. The molecule has 2 unspecified atom stereocenters. The van der Waals surface area contributed by atoms with Gasteiger partial charge in [-0.15, -0.1) is 0 Å². The van der Waals surface area contributed by atoms with E-state index in [9.17, 15) is 18.7 Å². The van der Waals surface area contributed by atoms with E-state index < -0.39 is 23.8 Å². The van der Waals surface area contributed by atoms with Crippen LogP contribution in [0.1, 0.15) is 36.1 Å². The van der Waals surface area contributed by atoms with Gasteiger partial charge in [0.05, 0.1) is 25.2 Å². The van der Waals surface area contributed by atoms with Crippen molar-refractivity contribution in [3.8, 4) is 5.75 Å². The van der Waals surface area contributed by atoms with Crippen molar-refractivity contribution in [2.75, 3.05) is 13.2 Å². The van der Waals surface area contributed by atoms with Gasteiger partial charge in [-0.05, 0) is 54.7 Å². The average Bonchev–Trinajstić information content (AvgIpc) is 2.84. The molecule has 3 aromatic carbocycles. The van der Waals surface area contributed by atoms with E-state index in [1.165, 1.54) is 17.7 Å². The molecule has 0 aliphatic carbocycles. The van der Waals surface area contributed by atoms with Crippen molar-refractivity contribution in [1.82, 2.24) is 10.6 Å². The first-order chi connectivity index (χ1) is 17.4. The van der Waals surface area contributed by atoms with Crippen molar-refractivity contribution in [3.05, 3.63) is 101 Å². The first-order valence-electron chi connectivity index (χ1n) is 12.3. The van der Waals surface area contributed by atoms with Crippen LogP contribution in [0.15, 0.2) is 66.7 Å². The first-order valence-corrected chi connectivity index (χ1v) is 12.3. The number of aliphatic hydroxyl groups excluding tert-OH is 1. The summed E-state index contributed by atoms with van der Waals surface area (Å²) in [6.07, 6.45) is 0.0635. The monoisotopic (exact) mass is 496 g/mol. The van der Waals surface area contributed by atoms with E-state index in [0.717, 1.165) is 23.6 Å². The molecule has 0 saturated carbocycles. The van der Waals surface area contributed by atoms with Gasteiger partial charge in [0.1, 0.15) is 17.4 Å². The highest BCUT2D eigenvalue weighted by atomic mass is 19.1. The number of amides is 1. The molecule has 0 bridgehead atoms. The summed E-state index contributed by atoms with van der Waals surface area (Å²) in [5.74, 6) is -1.11. The van der Waals surface area contributed by atoms with E-state index >= 15 is 0 Å². The molecule has 3 N–H and O–H groups in total. The second-order valence-corrected chi connectivity index (χ2v) is 8.75. The lowest BCUT2D eigenvalue weighted by molar-refractivity contribution is -0.122. The minimum absolute atomic E-state index is 0.0497.